The Bertz CT molecular complexity index is 1360. The molecule has 0 amide bonds. The molecule has 1 fully saturated rings. The lowest BCUT2D eigenvalue weighted by Gasteiger charge is -2.37. The van der Waals surface area contributed by atoms with Crippen LogP contribution in [0, 0.1) is 6.92 Å². The minimum atomic E-state index is -0.206. The zero-order valence-corrected chi connectivity index (χ0v) is 19.7. The van der Waals surface area contributed by atoms with Gasteiger partial charge in [-0.3, -0.25) is 4.79 Å². The van der Waals surface area contributed by atoms with Crippen molar-refractivity contribution in [3.8, 4) is 11.3 Å². The quantitative estimate of drug-likeness (QED) is 0.383. The smallest absolute Gasteiger partial charge is 0.269 e. The van der Waals surface area contributed by atoms with Crippen molar-refractivity contribution in [2.24, 2.45) is 0 Å². The number of rotatable bonds is 5. The van der Waals surface area contributed by atoms with Gasteiger partial charge in [0.1, 0.15) is 16.6 Å². The van der Waals surface area contributed by atoms with Gasteiger partial charge in [0.15, 0.2) is 5.15 Å². The van der Waals surface area contributed by atoms with E-state index in [1.54, 1.807) is 37.6 Å². The van der Waals surface area contributed by atoms with Gasteiger partial charge in [0.25, 0.3) is 5.56 Å². The fraction of sp³-hybridized carbons (Fsp3) is 0.273. The Morgan fingerprint density at radius 2 is 1.85 bits per heavy atom. The number of piperazine rings is 1. The summed E-state index contributed by atoms with van der Waals surface area (Å²) in [6.45, 7) is 4.97. The minimum absolute atomic E-state index is 0.206. The number of pyridine rings is 1. The molecule has 10 nitrogen and oxygen atoms in total. The number of aryl methyl sites for hydroxylation is 1. The summed E-state index contributed by atoms with van der Waals surface area (Å²) in [6.07, 6.45) is 4.96. The van der Waals surface area contributed by atoms with E-state index in [9.17, 15) is 4.79 Å². The van der Waals surface area contributed by atoms with E-state index in [2.05, 4.69) is 35.2 Å². The SMILES string of the molecule is Cc1onc(-c2ccc(Cl)nc2)c1Cn1ncc(N2CCN(c3ccnnc3Cl)CC2)cc1=O. The molecule has 5 heterocycles. The molecule has 174 valence electrons. The number of hydrogen-bond acceptors (Lipinski definition) is 9. The predicted octanol–water partition coefficient (Wildman–Crippen LogP) is 3.07. The predicted molar refractivity (Wildman–Crippen MR) is 129 cm³/mol. The van der Waals surface area contributed by atoms with Gasteiger partial charge in [0, 0.05) is 49.6 Å². The first-order chi connectivity index (χ1) is 16.5. The van der Waals surface area contributed by atoms with E-state index in [1.807, 2.05) is 12.1 Å². The third-order valence-corrected chi connectivity index (χ3v) is 6.28. The lowest BCUT2D eigenvalue weighted by atomic mass is 10.1. The number of hydrogen-bond donors (Lipinski definition) is 0. The maximum atomic E-state index is 12.9. The fourth-order valence-electron chi connectivity index (χ4n) is 3.93. The molecule has 0 aliphatic carbocycles. The van der Waals surface area contributed by atoms with Gasteiger partial charge in [-0.15, -0.1) is 5.10 Å². The lowest BCUT2D eigenvalue weighted by molar-refractivity contribution is 0.397. The van der Waals surface area contributed by atoms with Crippen LogP contribution in [0.2, 0.25) is 10.3 Å². The molecule has 0 saturated carbocycles. The summed E-state index contributed by atoms with van der Waals surface area (Å²) in [5, 5.41) is 17.0. The Hall–Kier alpha value is -3.50. The molecule has 0 atom stereocenters. The highest BCUT2D eigenvalue weighted by Gasteiger charge is 2.21. The molecule has 0 unspecified atom stereocenters. The van der Waals surface area contributed by atoms with Gasteiger partial charge in [-0.1, -0.05) is 28.4 Å². The Morgan fingerprint density at radius 1 is 1.06 bits per heavy atom. The van der Waals surface area contributed by atoms with Crippen molar-refractivity contribution in [2.45, 2.75) is 13.5 Å². The fourth-order valence-corrected chi connectivity index (χ4v) is 4.27. The maximum absolute atomic E-state index is 12.9. The molecule has 0 aromatic carbocycles. The van der Waals surface area contributed by atoms with E-state index >= 15 is 0 Å². The van der Waals surface area contributed by atoms with Crippen molar-refractivity contribution in [1.29, 1.82) is 0 Å². The lowest BCUT2D eigenvalue weighted by Crippen LogP contribution is -2.47. The first-order valence-corrected chi connectivity index (χ1v) is 11.4. The van der Waals surface area contributed by atoms with E-state index < -0.39 is 0 Å². The average Bonchev–Trinajstić information content (AvgIpc) is 3.21. The second kappa shape index (κ2) is 9.40. The summed E-state index contributed by atoms with van der Waals surface area (Å²) in [5.74, 6) is 0.614. The highest BCUT2D eigenvalue weighted by atomic mass is 35.5. The van der Waals surface area contributed by atoms with Gasteiger partial charge < -0.3 is 14.3 Å². The van der Waals surface area contributed by atoms with Crippen molar-refractivity contribution in [2.75, 3.05) is 36.0 Å². The van der Waals surface area contributed by atoms with Crippen LogP contribution in [0.25, 0.3) is 11.3 Å². The monoisotopic (exact) mass is 498 g/mol. The second-order valence-electron chi connectivity index (χ2n) is 7.83. The summed E-state index contributed by atoms with van der Waals surface area (Å²) in [5.41, 5.74) is 3.57. The first-order valence-electron chi connectivity index (χ1n) is 10.6. The van der Waals surface area contributed by atoms with Crippen LogP contribution in [0.15, 0.2) is 52.2 Å². The van der Waals surface area contributed by atoms with Crippen molar-refractivity contribution < 1.29 is 4.52 Å². The molecule has 0 bridgehead atoms. The van der Waals surface area contributed by atoms with Gasteiger partial charge in [-0.2, -0.15) is 10.2 Å². The average molecular weight is 499 g/mol. The maximum Gasteiger partial charge on any atom is 0.269 e. The number of nitrogens with zero attached hydrogens (tertiary/aromatic N) is 8. The summed E-state index contributed by atoms with van der Waals surface area (Å²) in [4.78, 5) is 21.3. The largest absolute Gasteiger partial charge is 0.367 e. The molecular formula is C22H20Cl2N8O2. The second-order valence-corrected chi connectivity index (χ2v) is 8.57. The van der Waals surface area contributed by atoms with Crippen LogP contribution in [0.1, 0.15) is 11.3 Å². The number of aromatic nitrogens is 6. The summed E-state index contributed by atoms with van der Waals surface area (Å²) in [6, 6.07) is 6.96. The van der Waals surface area contributed by atoms with Crippen LogP contribution in [0.4, 0.5) is 11.4 Å². The van der Waals surface area contributed by atoms with Crippen LogP contribution < -0.4 is 15.4 Å². The van der Waals surface area contributed by atoms with Crippen LogP contribution in [0.3, 0.4) is 0 Å². The molecule has 1 saturated heterocycles. The molecule has 4 aromatic heterocycles. The molecule has 1 aliphatic rings. The summed E-state index contributed by atoms with van der Waals surface area (Å²) >= 11 is 12.1. The van der Waals surface area contributed by atoms with Gasteiger partial charge in [0.2, 0.25) is 0 Å². The van der Waals surface area contributed by atoms with E-state index in [1.165, 1.54) is 4.68 Å². The Kier molecular flexibility index (Phi) is 6.16. The first kappa shape index (κ1) is 22.3. The standard InChI is InChI=1S/C22H20Cl2N8O2/c1-14-17(21(29-34-14)15-2-3-19(23)25-11-15)13-32-20(33)10-16(12-27-32)30-6-8-31(9-7-30)18-4-5-26-28-22(18)24/h2-5,10-12H,6-9,13H2,1H3. The molecular weight excluding hydrogens is 479 g/mol. The van der Waals surface area contributed by atoms with Crippen LogP contribution in [-0.2, 0) is 6.54 Å². The summed E-state index contributed by atoms with van der Waals surface area (Å²) in [7, 11) is 0. The Labute approximate surface area is 204 Å². The van der Waals surface area contributed by atoms with Crippen LogP contribution in [0.5, 0.6) is 0 Å². The zero-order valence-electron chi connectivity index (χ0n) is 18.2. The zero-order chi connectivity index (χ0) is 23.7. The van der Waals surface area contributed by atoms with Crippen molar-refractivity contribution in [3.63, 3.8) is 0 Å². The molecule has 5 rings (SSSR count). The van der Waals surface area contributed by atoms with E-state index in [0.717, 1.165) is 48.7 Å². The van der Waals surface area contributed by atoms with Gasteiger partial charge in [-0.25, -0.2) is 9.67 Å². The topological polar surface area (TPSA) is 106 Å². The number of anilines is 2. The van der Waals surface area contributed by atoms with E-state index in [-0.39, 0.29) is 12.1 Å². The van der Waals surface area contributed by atoms with Crippen LogP contribution >= 0.6 is 23.2 Å². The molecule has 0 spiro atoms. The van der Waals surface area contributed by atoms with Gasteiger partial charge in [0.05, 0.1) is 30.3 Å². The molecule has 4 aromatic rings. The Balaban J connectivity index is 1.31. The highest BCUT2D eigenvalue weighted by molar-refractivity contribution is 6.31. The summed E-state index contributed by atoms with van der Waals surface area (Å²) < 4.78 is 6.78. The molecule has 0 N–H and O–H groups in total. The highest BCUT2D eigenvalue weighted by Crippen LogP contribution is 2.27. The van der Waals surface area contributed by atoms with Crippen LogP contribution in [-0.4, -0.2) is 56.3 Å². The third kappa shape index (κ3) is 4.46. The molecule has 12 heteroatoms. The normalized spacial score (nSPS) is 14.0. The van der Waals surface area contributed by atoms with E-state index in [0.29, 0.717) is 21.8 Å². The molecule has 0 radical (unpaired) electrons. The van der Waals surface area contributed by atoms with Gasteiger partial charge in [-0.05, 0) is 25.1 Å². The van der Waals surface area contributed by atoms with Gasteiger partial charge >= 0.3 is 0 Å². The molecule has 1 aliphatic heterocycles. The number of halogens is 2. The van der Waals surface area contributed by atoms with Crippen molar-refractivity contribution >= 4 is 34.6 Å². The Morgan fingerprint density at radius 3 is 2.56 bits per heavy atom. The minimum Gasteiger partial charge on any atom is -0.367 e. The molecule has 34 heavy (non-hydrogen) atoms. The van der Waals surface area contributed by atoms with Crippen molar-refractivity contribution in [3.05, 3.63) is 74.8 Å². The van der Waals surface area contributed by atoms with E-state index in [4.69, 9.17) is 27.7 Å². The third-order valence-electron chi connectivity index (χ3n) is 5.79. The van der Waals surface area contributed by atoms with Crippen molar-refractivity contribution in [1.82, 2.24) is 30.1 Å².